The molecule has 0 bridgehead atoms. The average Bonchev–Trinajstić information content (AvgIpc) is 2.48. The number of pyridine rings is 1. The lowest BCUT2D eigenvalue weighted by molar-refractivity contribution is 0.400. The molecule has 1 N–H and O–H groups in total. The van der Waals surface area contributed by atoms with Gasteiger partial charge in [0.2, 0.25) is 0 Å². The first-order chi connectivity index (χ1) is 9.83. The van der Waals surface area contributed by atoms with Gasteiger partial charge in [0, 0.05) is 18.2 Å². The molecule has 3 rings (SSSR count). The summed E-state index contributed by atoms with van der Waals surface area (Å²) in [6, 6.07) is 11.1. The van der Waals surface area contributed by atoms with E-state index in [9.17, 15) is 0 Å². The molecule has 1 aliphatic carbocycles. The molecule has 1 aromatic heterocycles. The van der Waals surface area contributed by atoms with E-state index in [1.165, 1.54) is 16.7 Å². The van der Waals surface area contributed by atoms with Crippen molar-refractivity contribution in [3.8, 4) is 5.75 Å². The summed E-state index contributed by atoms with van der Waals surface area (Å²) in [4.78, 5) is 4.29. The Labute approximate surface area is 120 Å². The van der Waals surface area contributed by atoms with Crippen LogP contribution in [-0.4, -0.2) is 18.6 Å². The number of methoxy groups -OCH3 is 1. The number of hydrogen-bond donors (Lipinski definition) is 1. The van der Waals surface area contributed by atoms with Crippen molar-refractivity contribution in [2.45, 2.75) is 25.3 Å². The molecule has 0 saturated carbocycles. The number of ether oxygens (including phenoxy) is 1. The number of benzene rings is 1. The summed E-state index contributed by atoms with van der Waals surface area (Å²) in [6.45, 7) is 3.09. The van der Waals surface area contributed by atoms with Gasteiger partial charge in [-0.1, -0.05) is 31.2 Å². The predicted molar refractivity (Wildman–Crippen MR) is 80.1 cm³/mol. The van der Waals surface area contributed by atoms with E-state index in [-0.39, 0.29) is 0 Å². The van der Waals surface area contributed by atoms with E-state index in [0.29, 0.717) is 12.0 Å². The van der Waals surface area contributed by atoms with Gasteiger partial charge in [0.1, 0.15) is 5.75 Å². The summed E-state index contributed by atoms with van der Waals surface area (Å²) in [6.07, 6.45) is 4.82. The average molecular weight is 268 g/mol. The third-order valence-electron chi connectivity index (χ3n) is 4.05. The van der Waals surface area contributed by atoms with Crippen LogP contribution in [-0.2, 0) is 6.42 Å². The van der Waals surface area contributed by atoms with Crippen LogP contribution in [0.25, 0.3) is 0 Å². The molecule has 1 aromatic carbocycles. The predicted octanol–water partition coefficient (Wildman–Crippen LogP) is 3.08. The zero-order valence-electron chi connectivity index (χ0n) is 12.0. The molecule has 20 heavy (non-hydrogen) atoms. The number of fused-ring (bicyclic) bond motifs is 1. The van der Waals surface area contributed by atoms with Gasteiger partial charge >= 0.3 is 0 Å². The molecule has 104 valence electrons. The monoisotopic (exact) mass is 268 g/mol. The first-order valence-corrected chi connectivity index (χ1v) is 7.13. The molecule has 2 atom stereocenters. The highest BCUT2D eigenvalue weighted by Gasteiger charge is 2.33. The minimum Gasteiger partial charge on any atom is -0.495 e. The summed E-state index contributed by atoms with van der Waals surface area (Å²) in [5, 5.41) is 3.60. The van der Waals surface area contributed by atoms with Crippen LogP contribution >= 0.6 is 0 Å². The third kappa shape index (κ3) is 2.29. The van der Waals surface area contributed by atoms with Crippen LogP contribution in [0, 0.1) is 0 Å². The smallest absolute Gasteiger partial charge is 0.137 e. The lowest BCUT2D eigenvalue weighted by Crippen LogP contribution is -2.33. The first kappa shape index (κ1) is 13.1. The van der Waals surface area contributed by atoms with Crippen molar-refractivity contribution in [3.63, 3.8) is 0 Å². The van der Waals surface area contributed by atoms with Gasteiger partial charge in [-0.25, -0.2) is 0 Å². The summed E-state index contributed by atoms with van der Waals surface area (Å²) < 4.78 is 5.29. The standard InChI is InChI=1S/C17H20N2O/c1-3-19-17(13-8-14(20-2)11-18-10-13)16-9-12-6-4-5-7-15(12)16/h4-8,10-11,16-17,19H,3,9H2,1-2H3. The van der Waals surface area contributed by atoms with E-state index in [0.717, 1.165) is 18.7 Å². The lowest BCUT2D eigenvalue weighted by Gasteiger charge is -2.37. The highest BCUT2D eigenvalue weighted by Crippen LogP contribution is 2.43. The van der Waals surface area contributed by atoms with Crippen molar-refractivity contribution in [1.82, 2.24) is 10.3 Å². The van der Waals surface area contributed by atoms with Gasteiger partial charge in [-0.05, 0) is 35.7 Å². The van der Waals surface area contributed by atoms with Gasteiger partial charge in [0.25, 0.3) is 0 Å². The quantitative estimate of drug-likeness (QED) is 0.905. The Morgan fingerprint density at radius 3 is 2.95 bits per heavy atom. The minimum atomic E-state index is 0.303. The van der Waals surface area contributed by atoms with E-state index >= 15 is 0 Å². The molecule has 3 heteroatoms. The van der Waals surface area contributed by atoms with Crippen molar-refractivity contribution in [1.29, 1.82) is 0 Å². The molecule has 2 aromatic rings. The Kier molecular flexibility index (Phi) is 3.70. The largest absolute Gasteiger partial charge is 0.495 e. The number of aromatic nitrogens is 1. The summed E-state index contributed by atoms with van der Waals surface area (Å²) >= 11 is 0. The van der Waals surface area contributed by atoms with Crippen molar-refractivity contribution in [2.24, 2.45) is 0 Å². The fraction of sp³-hybridized carbons (Fsp3) is 0.353. The Morgan fingerprint density at radius 2 is 2.20 bits per heavy atom. The van der Waals surface area contributed by atoms with E-state index in [1.54, 1.807) is 13.3 Å². The van der Waals surface area contributed by atoms with Crippen molar-refractivity contribution < 1.29 is 4.74 Å². The van der Waals surface area contributed by atoms with Crippen LogP contribution in [0.3, 0.4) is 0 Å². The summed E-state index contributed by atoms with van der Waals surface area (Å²) in [5.41, 5.74) is 4.13. The molecule has 1 aliphatic rings. The topological polar surface area (TPSA) is 34.2 Å². The fourth-order valence-corrected chi connectivity index (χ4v) is 3.02. The Balaban J connectivity index is 1.90. The second kappa shape index (κ2) is 5.63. The van der Waals surface area contributed by atoms with Crippen molar-refractivity contribution >= 4 is 0 Å². The van der Waals surface area contributed by atoms with Gasteiger partial charge in [-0.15, -0.1) is 0 Å². The molecular weight excluding hydrogens is 248 g/mol. The van der Waals surface area contributed by atoms with E-state index in [1.807, 2.05) is 6.20 Å². The van der Waals surface area contributed by atoms with Crippen molar-refractivity contribution in [3.05, 3.63) is 59.4 Å². The summed E-state index contributed by atoms with van der Waals surface area (Å²) in [5.74, 6) is 1.35. The molecule has 2 unspecified atom stereocenters. The maximum Gasteiger partial charge on any atom is 0.137 e. The number of nitrogens with zero attached hydrogens (tertiary/aromatic N) is 1. The molecule has 3 nitrogen and oxygen atoms in total. The second-order valence-corrected chi connectivity index (χ2v) is 5.20. The molecule has 0 aliphatic heterocycles. The lowest BCUT2D eigenvalue weighted by atomic mass is 9.72. The fourth-order valence-electron chi connectivity index (χ4n) is 3.02. The normalized spacial score (nSPS) is 18.0. The van der Waals surface area contributed by atoms with Crippen LogP contribution in [0.1, 0.15) is 35.6 Å². The summed E-state index contributed by atoms with van der Waals surface area (Å²) in [7, 11) is 1.68. The number of rotatable bonds is 5. The molecule has 0 spiro atoms. The van der Waals surface area contributed by atoms with E-state index in [2.05, 4.69) is 47.6 Å². The van der Waals surface area contributed by atoms with Crippen LogP contribution < -0.4 is 10.1 Å². The zero-order chi connectivity index (χ0) is 13.9. The maximum absolute atomic E-state index is 5.29. The second-order valence-electron chi connectivity index (χ2n) is 5.20. The van der Waals surface area contributed by atoms with Crippen LogP contribution in [0.2, 0.25) is 0 Å². The molecular formula is C17H20N2O. The Morgan fingerprint density at radius 1 is 1.35 bits per heavy atom. The number of nitrogens with one attached hydrogen (secondary N) is 1. The maximum atomic E-state index is 5.29. The van der Waals surface area contributed by atoms with Gasteiger partial charge < -0.3 is 10.1 Å². The van der Waals surface area contributed by atoms with E-state index in [4.69, 9.17) is 4.74 Å². The van der Waals surface area contributed by atoms with Gasteiger partial charge in [-0.2, -0.15) is 0 Å². The highest BCUT2D eigenvalue weighted by atomic mass is 16.5. The van der Waals surface area contributed by atoms with E-state index < -0.39 is 0 Å². The Bertz CT molecular complexity index is 597. The Hall–Kier alpha value is -1.87. The van der Waals surface area contributed by atoms with Gasteiger partial charge in [0.15, 0.2) is 0 Å². The van der Waals surface area contributed by atoms with Crippen LogP contribution in [0.15, 0.2) is 42.7 Å². The SMILES string of the molecule is CCNC(c1cncc(OC)c1)C1Cc2ccccc21. The molecule has 0 saturated heterocycles. The molecule has 0 radical (unpaired) electrons. The molecule has 0 fully saturated rings. The van der Waals surface area contributed by atoms with Crippen LogP contribution in [0.5, 0.6) is 5.75 Å². The zero-order valence-corrected chi connectivity index (χ0v) is 12.0. The minimum absolute atomic E-state index is 0.303. The van der Waals surface area contributed by atoms with Gasteiger partial charge in [0.05, 0.1) is 13.3 Å². The van der Waals surface area contributed by atoms with Crippen LogP contribution in [0.4, 0.5) is 0 Å². The van der Waals surface area contributed by atoms with Crippen molar-refractivity contribution in [2.75, 3.05) is 13.7 Å². The third-order valence-corrected chi connectivity index (χ3v) is 4.05. The highest BCUT2D eigenvalue weighted by molar-refractivity contribution is 5.43. The number of likely N-dealkylation sites (N-methyl/N-ethyl adjacent to an activating group) is 1. The number of hydrogen-bond acceptors (Lipinski definition) is 3. The first-order valence-electron chi connectivity index (χ1n) is 7.13. The molecule has 0 amide bonds. The molecule has 1 heterocycles. The van der Waals surface area contributed by atoms with Gasteiger partial charge in [-0.3, -0.25) is 4.98 Å².